The van der Waals surface area contributed by atoms with Gasteiger partial charge in [0.15, 0.2) is 0 Å². The van der Waals surface area contributed by atoms with Crippen molar-refractivity contribution in [2.24, 2.45) is 5.16 Å². The highest BCUT2D eigenvalue weighted by molar-refractivity contribution is 6.00. The number of benzene rings is 2. The number of ether oxygens (including phenoxy) is 1. The minimum atomic E-state index is -1.07. The number of carbonyl (C=O) groups is 1. The van der Waals surface area contributed by atoms with Crippen molar-refractivity contribution in [1.29, 1.82) is 0 Å². The molecule has 0 aromatic heterocycles. The topological polar surface area (TPSA) is 68.1 Å². The smallest absolute Gasteiger partial charge is 0.344 e. The van der Waals surface area contributed by atoms with Crippen LogP contribution in [0.2, 0.25) is 0 Å². The molecule has 1 N–H and O–H groups in total. The second-order valence-corrected chi connectivity index (χ2v) is 4.26. The first-order chi connectivity index (χ1) is 10.2. The Bertz CT molecular complexity index is 638. The molecule has 0 atom stereocenters. The van der Waals surface area contributed by atoms with Gasteiger partial charge in [0, 0.05) is 5.56 Å². The van der Waals surface area contributed by atoms with Gasteiger partial charge in [-0.2, -0.15) is 0 Å². The fraction of sp³-hybridized carbons (Fsp3) is 0.125. The molecule has 2 aromatic carbocycles. The molecule has 0 fully saturated rings. The quantitative estimate of drug-likeness (QED) is 0.653. The van der Waals surface area contributed by atoms with E-state index in [0.29, 0.717) is 17.2 Å². The van der Waals surface area contributed by atoms with Crippen LogP contribution >= 0.6 is 0 Å². The SMILES string of the molecule is C/C(=N\OCC(=O)O)c1ccccc1Oc1ccccc1. The van der Waals surface area contributed by atoms with E-state index in [0.717, 1.165) is 5.56 Å². The van der Waals surface area contributed by atoms with Crippen molar-refractivity contribution in [2.45, 2.75) is 6.92 Å². The summed E-state index contributed by atoms with van der Waals surface area (Å²) < 4.78 is 5.81. The number of oxime groups is 1. The Kier molecular flexibility index (Phi) is 4.93. The molecular weight excluding hydrogens is 270 g/mol. The van der Waals surface area contributed by atoms with Crippen molar-refractivity contribution in [3.63, 3.8) is 0 Å². The summed E-state index contributed by atoms with van der Waals surface area (Å²) in [6.07, 6.45) is 0. The number of carboxylic acids is 1. The number of carboxylic acid groups (broad SMARTS) is 1. The number of rotatable bonds is 6. The Morgan fingerprint density at radius 2 is 1.76 bits per heavy atom. The maximum Gasteiger partial charge on any atom is 0.344 e. The molecule has 0 aliphatic carbocycles. The highest BCUT2D eigenvalue weighted by atomic mass is 16.6. The first kappa shape index (κ1) is 14.6. The minimum Gasteiger partial charge on any atom is -0.479 e. The Labute approximate surface area is 122 Å². The second-order valence-electron chi connectivity index (χ2n) is 4.26. The lowest BCUT2D eigenvalue weighted by molar-refractivity contribution is -0.142. The van der Waals surface area contributed by atoms with Crippen LogP contribution in [0.25, 0.3) is 0 Å². The Morgan fingerprint density at radius 3 is 2.48 bits per heavy atom. The van der Waals surface area contributed by atoms with E-state index >= 15 is 0 Å². The molecule has 21 heavy (non-hydrogen) atoms. The normalized spacial score (nSPS) is 11.0. The highest BCUT2D eigenvalue weighted by Gasteiger charge is 2.08. The summed E-state index contributed by atoms with van der Waals surface area (Å²) in [7, 11) is 0. The van der Waals surface area contributed by atoms with Crippen molar-refractivity contribution < 1.29 is 19.5 Å². The van der Waals surface area contributed by atoms with Crippen LogP contribution in [-0.2, 0) is 9.63 Å². The van der Waals surface area contributed by atoms with E-state index in [1.807, 2.05) is 54.6 Å². The van der Waals surface area contributed by atoms with Gasteiger partial charge in [-0.05, 0) is 31.2 Å². The van der Waals surface area contributed by atoms with Gasteiger partial charge in [0.2, 0.25) is 6.61 Å². The van der Waals surface area contributed by atoms with Gasteiger partial charge >= 0.3 is 5.97 Å². The van der Waals surface area contributed by atoms with Crippen molar-refractivity contribution in [2.75, 3.05) is 6.61 Å². The molecule has 108 valence electrons. The molecule has 5 heteroatoms. The molecule has 0 radical (unpaired) electrons. The molecule has 2 aromatic rings. The van der Waals surface area contributed by atoms with Crippen LogP contribution in [0.5, 0.6) is 11.5 Å². The third-order valence-corrected chi connectivity index (χ3v) is 2.64. The molecule has 0 amide bonds. The first-order valence-corrected chi connectivity index (χ1v) is 6.37. The summed E-state index contributed by atoms with van der Waals surface area (Å²) in [5.74, 6) is 0.272. The Morgan fingerprint density at radius 1 is 1.10 bits per heavy atom. The van der Waals surface area contributed by atoms with Gasteiger partial charge < -0.3 is 14.7 Å². The molecular formula is C16H15NO4. The zero-order valence-corrected chi connectivity index (χ0v) is 11.5. The number of aliphatic carboxylic acids is 1. The van der Waals surface area contributed by atoms with Gasteiger partial charge in [0.05, 0.1) is 5.71 Å². The van der Waals surface area contributed by atoms with Gasteiger partial charge in [0.25, 0.3) is 0 Å². The summed E-state index contributed by atoms with van der Waals surface area (Å²) in [5.41, 5.74) is 1.29. The minimum absolute atomic E-state index is 0.473. The first-order valence-electron chi connectivity index (χ1n) is 6.37. The summed E-state index contributed by atoms with van der Waals surface area (Å²) in [4.78, 5) is 15.2. The number of para-hydroxylation sites is 2. The lowest BCUT2D eigenvalue weighted by Crippen LogP contribution is -2.06. The molecule has 0 unspecified atom stereocenters. The highest BCUT2D eigenvalue weighted by Crippen LogP contribution is 2.25. The zero-order chi connectivity index (χ0) is 15.1. The lowest BCUT2D eigenvalue weighted by Gasteiger charge is -2.10. The van der Waals surface area contributed by atoms with E-state index in [4.69, 9.17) is 14.7 Å². The molecule has 0 heterocycles. The summed E-state index contributed by atoms with van der Waals surface area (Å²) >= 11 is 0. The Balaban J connectivity index is 2.18. The molecule has 0 saturated heterocycles. The maximum absolute atomic E-state index is 10.4. The molecule has 0 aliphatic heterocycles. The fourth-order valence-corrected chi connectivity index (χ4v) is 1.70. The summed E-state index contributed by atoms with van der Waals surface area (Å²) in [6, 6.07) is 16.7. The van der Waals surface area contributed by atoms with Crippen LogP contribution in [-0.4, -0.2) is 23.4 Å². The van der Waals surface area contributed by atoms with Crippen molar-refractivity contribution >= 4 is 11.7 Å². The summed E-state index contributed by atoms with van der Waals surface area (Å²) in [6.45, 7) is 1.26. The van der Waals surface area contributed by atoms with E-state index in [1.54, 1.807) is 6.92 Å². The van der Waals surface area contributed by atoms with E-state index in [-0.39, 0.29) is 0 Å². The molecule has 5 nitrogen and oxygen atoms in total. The number of hydrogen-bond acceptors (Lipinski definition) is 4. The van der Waals surface area contributed by atoms with Crippen LogP contribution in [0.15, 0.2) is 59.8 Å². The van der Waals surface area contributed by atoms with Crippen LogP contribution in [0, 0.1) is 0 Å². The molecule has 2 rings (SSSR count). The third kappa shape index (κ3) is 4.35. The average molecular weight is 285 g/mol. The third-order valence-electron chi connectivity index (χ3n) is 2.64. The van der Waals surface area contributed by atoms with Gasteiger partial charge in [-0.3, -0.25) is 0 Å². The average Bonchev–Trinajstić information content (AvgIpc) is 2.48. The lowest BCUT2D eigenvalue weighted by atomic mass is 10.1. The maximum atomic E-state index is 10.4. The summed E-state index contributed by atoms with van der Waals surface area (Å²) in [5, 5.41) is 12.3. The van der Waals surface area contributed by atoms with Crippen molar-refractivity contribution in [3.8, 4) is 11.5 Å². The van der Waals surface area contributed by atoms with Crippen LogP contribution in [0.3, 0.4) is 0 Å². The van der Waals surface area contributed by atoms with Crippen molar-refractivity contribution in [3.05, 3.63) is 60.2 Å². The van der Waals surface area contributed by atoms with E-state index in [2.05, 4.69) is 5.16 Å². The van der Waals surface area contributed by atoms with Crippen LogP contribution in [0.1, 0.15) is 12.5 Å². The van der Waals surface area contributed by atoms with Crippen LogP contribution < -0.4 is 4.74 Å². The predicted octanol–water partition coefficient (Wildman–Crippen LogP) is 3.30. The van der Waals surface area contributed by atoms with E-state index in [1.165, 1.54) is 0 Å². The Hall–Kier alpha value is -2.82. The largest absolute Gasteiger partial charge is 0.479 e. The second kappa shape index (κ2) is 7.09. The van der Waals surface area contributed by atoms with Gasteiger partial charge in [0.1, 0.15) is 11.5 Å². The van der Waals surface area contributed by atoms with Crippen LogP contribution in [0.4, 0.5) is 0 Å². The fourth-order valence-electron chi connectivity index (χ4n) is 1.70. The molecule has 0 bridgehead atoms. The zero-order valence-electron chi connectivity index (χ0n) is 11.5. The monoisotopic (exact) mass is 285 g/mol. The molecule has 0 spiro atoms. The van der Waals surface area contributed by atoms with Gasteiger partial charge in [-0.25, -0.2) is 4.79 Å². The molecule has 0 aliphatic rings. The number of nitrogens with zero attached hydrogens (tertiary/aromatic N) is 1. The standard InChI is InChI=1S/C16H15NO4/c1-12(17-20-11-16(18)19)14-9-5-6-10-15(14)21-13-7-3-2-4-8-13/h2-10H,11H2,1H3,(H,18,19)/b17-12+. The van der Waals surface area contributed by atoms with Gasteiger partial charge in [-0.1, -0.05) is 35.5 Å². The van der Waals surface area contributed by atoms with E-state index < -0.39 is 12.6 Å². The van der Waals surface area contributed by atoms with E-state index in [9.17, 15) is 4.79 Å². The molecule has 0 saturated carbocycles. The predicted molar refractivity (Wildman–Crippen MR) is 78.8 cm³/mol. The van der Waals surface area contributed by atoms with Gasteiger partial charge in [-0.15, -0.1) is 0 Å². The number of hydrogen-bond donors (Lipinski definition) is 1. The van der Waals surface area contributed by atoms with Crippen molar-refractivity contribution in [1.82, 2.24) is 0 Å².